The van der Waals surface area contributed by atoms with Gasteiger partial charge in [0.2, 0.25) is 0 Å². The Hall–Kier alpha value is -3.25. The summed E-state index contributed by atoms with van der Waals surface area (Å²) < 4.78 is 0. The molecule has 104 valence electrons. The lowest BCUT2D eigenvalue weighted by molar-refractivity contribution is 0.477. The third-order valence-electron chi connectivity index (χ3n) is 3.21. The molecule has 0 bridgehead atoms. The van der Waals surface area contributed by atoms with Crippen LogP contribution in [0.2, 0.25) is 0 Å². The summed E-state index contributed by atoms with van der Waals surface area (Å²) in [5.41, 5.74) is 5.89. The molecule has 0 aliphatic rings. The molecule has 0 saturated heterocycles. The van der Waals surface area contributed by atoms with Gasteiger partial charge in [-0.15, -0.1) is 0 Å². The van der Waals surface area contributed by atoms with E-state index in [1.165, 1.54) is 6.07 Å². The average molecular weight is 280 g/mol. The fraction of sp³-hybridized carbons (Fsp3) is 0.133. The second-order valence-corrected chi connectivity index (χ2v) is 4.42. The molecule has 0 amide bonds. The first kappa shape index (κ1) is 14.2. The number of anilines is 1. The Morgan fingerprint density at radius 2 is 1.95 bits per heavy atom. The summed E-state index contributed by atoms with van der Waals surface area (Å²) >= 11 is 0. The molecule has 2 rings (SSSR count). The SMILES string of the molecule is CCc1ccc(O)c(-c2c(C#N)c(N)[nH]c(=O)c2C#N)c1. The maximum Gasteiger partial charge on any atom is 0.268 e. The van der Waals surface area contributed by atoms with Crippen molar-refractivity contribution in [3.05, 3.63) is 45.2 Å². The number of nitriles is 2. The van der Waals surface area contributed by atoms with Crippen LogP contribution in [0.5, 0.6) is 5.75 Å². The van der Waals surface area contributed by atoms with Gasteiger partial charge in [0, 0.05) is 11.1 Å². The number of phenols is 1. The molecule has 0 unspecified atom stereocenters. The Balaban J connectivity index is 2.96. The third-order valence-corrected chi connectivity index (χ3v) is 3.21. The number of aromatic nitrogens is 1. The topological polar surface area (TPSA) is 127 Å². The fourth-order valence-corrected chi connectivity index (χ4v) is 2.12. The number of aromatic hydroxyl groups is 1. The van der Waals surface area contributed by atoms with E-state index in [2.05, 4.69) is 4.98 Å². The standard InChI is InChI=1S/C15H12N4O2/c1-2-8-3-4-12(20)9(5-8)13-10(6-16)14(18)19-15(21)11(13)7-17/h3-5,20H,2H2,1H3,(H3,18,19,21). The minimum atomic E-state index is -0.690. The van der Waals surface area contributed by atoms with Crippen molar-refractivity contribution in [2.75, 3.05) is 5.73 Å². The first-order chi connectivity index (χ1) is 10.0. The van der Waals surface area contributed by atoms with E-state index in [0.717, 1.165) is 5.56 Å². The molecule has 0 saturated carbocycles. The number of benzene rings is 1. The summed E-state index contributed by atoms with van der Waals surface area (Å²) in [5, 5.41) is 28.5. The quantitative estimate of drug-likeness (QED) is 0.770. The highest BCUT2D eigenvalue weighted by atomic mass is 16.3. The number of rotatable bonds is 2. The van der Waals surface area contributed by atoms with Crippen molar-refractivity contribution in [2.45, 2.75) is 13.3 Å². The number of nitrogens with two attached hydrogens (primary N) is 1. The lowest BCUT2D eigenvalue weighted by Gasteiger charge is -2.11. The van der Waals surface area contributed by atoms with E-state index in [-0.39, 0.29) is 33.8 Å². The predicted molar refractivity (Wildman–Crippen MR) is 77.4 cm³/mol. The number of pyridine rings is 1. The number of nitrogen functional groups attached to an aromatic ring is 1. The van der Waals surface area contributed by atoms with Gasteiger partial charge in [-0.05, 0) is 24.1 Å². The highest BCUT2D eigenvalue weighted by Crippen LogP contribution is 2.35. The van der Waals surface area contributed by atoms with Gasteiger partial charge in [-0.1, -0.05) is 13.0 Å². The molecular weight excluding hydrogens is 268 g/mol. The van der Waals surface area contributed by atoms with Crippen LogP contribution in [0.3, 0.4) is 0 Å². The van der Waals surface area contributed by atoms with Crippen LogP contribution in [0, 0.1) is 22.7 Å². The molecule has 1 aromatic heterocycles. The van der Waals surface area contributed by atoms with Crippen LogP contribution in [-0.4, -0.2) is 10.1 Å². The van der Waals surface area contributed by atoms with Gasteiger partial charge in [0.1, 0.15) is 34.8 Å². The molecule has 0 aliphatic heterocycles. The van der Waals surface area contributed by atoms with Crippen molar-refractivity contribution >= 4 is 5.82 Å². The fourth-order valence-electron chi connectivity index (χ4n) is 2.12. The zero-order valence-electron chi connectivity index (χ0n) is 11.3. The van der Waals surface area contributed by atoms with Crippen molar-refractivity contribution in [3.8, 4) is 29.0 Å². The number of aryl methyl sites for hydroxylation is 1. The molecular formula is C15H12N4O2. The summed E-state index contributed by atoms with van der Waals surface area (Å²) in [7, 11) is 0. The molecule has 0 spiro atoms. The number of nitrogens with one attached hydrogen (secondary N) is 1. The normalized spacial score (nSPS) is 9.86. The van der Waals surface area contributed by atoms with Crippen LogP contribution in [0.1, 0.15) is 23.6 Å². The summed E-state index contributed by atoms with van der Waals surface area (Å²) in [6.07, 6.45) is 0.704. The van der Waals surface area contributed by atoms with E-state index < -0.39 is 5.56 Å². The minimum absolute atomic E-state index is 0.0327. The molecule has 1 aromatic carbocycles. The Bertz CT molecular complexity index is 854. The van der Waals surface area contributed by atoms with Crippen molar-refractivity contribution in [1.29, 1.82) is 10.5 Å². The van der Waals surface area contributed by atoms with Crippen molar-refractivity contribution < 1.29 is 5.11 Å². The molecule has 21 heavy (non-hydrogen) atoms. The van der Waals surface area contributed by atoms with Crippen LogP contribution in [0.4, 0.5) is 5.82 Å². The first-order valence-electron chi connectivity index (χ1n) is 6.21. The molecule has 4 N–H and O–H groups in total. The van der Waals surface area contributed by atoms with Crippen molar-refractivity contribution in [3.63, 3.8) is 0 Å². The zero-order valence-corrected chi connectivity index (χ0v) is 11.3. The molecule has 1 heterocycles. The van der Waals surface area contributed by atoms with Crippen LogP contribution in [0.25, 0.3) is 11.1 Å². The van der Waals surface area contributed by atoms with Crippen LogP contribution in [-0.2, 0) is 6.42 Å². The monoisotopic (exact) mass is 280 g/mol. The lowest BCUT2D eigenvalue weighted by Crippen LogP contribution is -2.16. The second kappa shape index (κ2) is 5.40. The van der Waals surface area contributed by atoms with Gasteiger partial charge in [-0.25, -0.2) is 0 Å². The number of H-pyrrole nitrogens is 1. The van der Waals surface area contributed by atoms with Gasteiger partial charge in [0.05, 0.1) is 0 Å². The second-order valence-electron chi connectivity index (χ2n) is 4.42. The van der Waals surface area contributed by atoms with Crippen molar-refractivity contribution in [2.24, 2.45) is 0 Å². The van der Waals surface area contributed by atoms with Crippen LogP contribution in [0.15, 0.2) is 23.0 Å². The summed E-state index contributed by atoms with van der Waals surface area (Å²) in [6, 6.07) is 8.48. The lowest BCUT2D eigenvalue weighted by atomic mass is 9.94. The van der Waals surface area contributed by atoms with E-state index in [9.17, 15) is 20.4 Å². The van der Waals surface area contributed by atoms with E-state index >= 15 is 0 Å². The van der Waals surface area contributed by atoms with Gasteiger partial charge in [-0.2, -0.15) is 10.5 Å². The minimum Gasteiger partial charge on any atom is -0.507 e. The predicted octanol–water partition coefficient (Wildman–Crippen LogP) is 1.64. The van der Waals surface area contributed by atoms with Crippen LogP contribution >= 0.6 is 0 Å². The Labute approximate surface area is 120 Å². The third kappa shape index (κ3) is 2.31. The van der Waals surface area contributed by atoms with Gasteiger partial charge in [0.25, 0.3) is 5.56 Å². The summed E-state index contributed by atoms with van der Waals surface area (Å²) in [4.78, 5) is 14.1. The van der Waals surface area contributed by atoms with E-state index in [1.54, 1.807) is 18.2 Å². The number of phenolic OH excluding ortho intramolecular Hbond substituents is 1. The smallest absolute Gasteiger partial charge is 0.268 e. The Morgan fingerprint density at radius 1 is 1.29 bits per heavy atom. The number of hydrogen-bond acceptors (Lipinski definition) is 5. The number of hydrogen-bond donors (Lipinski definition) is 3. The summed E-state index contributed by atoms with van der Waals surface area (Å²) in [6.45, 7) is 1.93. The maximum atomic E-state index is 11.9. The molecule has 0 radical (unpaired) electrons. The van der Waals surface area contributed by atoms with Gasteiger partial charge < -0.3 is 15.8 Å². The largest absolute Gasteiger partial charge is 0.507 e. The molecule has 6 nitrogen and oxygen atoms in total. The van der Waals surface area contributed by atoms with E-state index in [0.29, 0.717) is 6.42 Å². The van der Waals surface area contributed by atoms with Crippen LogP contribution < -0.4 is 11.3 Å². The van der Waals surface area contributed by atoms with Gasteiger partial charge >= 0.3 is 0 Å². The van der Waals surface area contributed by atoms with Crippen molar-refractivity contribution in [1.82, 2.24) is 4.98 Å². The average Bonchev–Trinajstić information content (AvgIpc) is 2.47. The molecule has 0 fully saturated rings. The zero-order chi connectivity index (χ0) is 15.6. The van der Waals surface area contributed by atoms with Gasteiger partial charge in [0.15, 0.2) is 0 Å². The Morgan fingerprint density at radius 3 is 2.52 bits per heavy atom. The number of nitrogens with zero attached hydrogens (tertiary/aromatic N) is 2. The molecule has 0 atom stereocenters. The first-order valence-corrected chi connectivity index (χ1v) is 6.21. The maximum absolute atomic E-state index is 11.9. The van der Waals surface area contributed by atoms with E-state index in [1.807, 2.05) is 13.0 Å². The van der Waals surface area contributed by atoms with E-state index in [4.69, 9.17) is 5.73 Å². The molecule has 2 aromatic rings. The highest BCUT2D eigenvalue weighted by Gasteiger charge is 2.20. The molecule has 6 heteroatoms. The number of aromatic amines is 1. The Kier molecular flexibility index (Phi) is 3.64. The highest BCUT2D eigenvalue weighted by molar-refractivity contribution is 5.83. The summed E-state index contributed by atoms with van der Waals surface area (Å²) in [5.74, 6) is -0.247. The van der Waals surface area contributed by atoms with Gasteiger partial charge in [-0.3, -0.25) is 4.79 Å². The molecule has 0 aliphatic carbocycles.